The van der Waals surface area contributed by atoms with Gasteiger partial charge in [0.15, 0.2) is 0 Å². The Kier molecular flexibility index (Phi) is 8.49. The number of hydrogen-bond acceptors (Lipinski definition) is 5. The van der Waals surface area contributed by atoms with E-state index in [1.54, 1.807) is 62.8 Å². The summed E-state index contributed by atoms with van der Waals surface area (Å²) < 4.78 is 21.1. The Hall–Kier alpha value is -2.53. The van der Waals surface area contributed by atoms with E-state index in [-0.39, 0.29) is 0 Å². The van der Waals surface area contributed by atoms with Gasteiger partial charge in [0, 0.05) is 13.7 Å². The normalized spacial score (nSPS) is 10.4. The molecule has 2 rings (SSSR count). The SMILES string of the molecule is COCCCCCCOc1ccc(C(=O)Oc2ccc(OC)cc2)cc1. The number of unbranched alkanes of at least 4 members (excludes halogenated alkanes) is 3. The molecular formula is C21H26O5. The maximum absolute atomic E-state index is 12.2. The van der Waals surface area contributed by atoms with Crippen molar-refractivity contribution in [3.63, 3.8) is 0 Å². The highest BCUT2D eigenvalue weighted by Gasteiger charge is 2.09. The fourth-order valence-corrected chi connectivity index (χ4v) is 2.39. The summed E-state index contributed by atoms with van der Waals surface area (Å²) in [5.41, 5.74) is 0.479. The number of carbonyl (C=O) groups excluding carboxylic acids is 1. The van der Waals surface area contributed by atoms with Crippen molar-refractivity contribution in [2.45, 2.75) is 25.7 Å². The second-order valence-electron chi connectivity index (χ2n) is 5.84. The van der Waals surface area contributed by atoms with Crippen molar-refractivity contribution in [3.8, 4) is 17.2 Å². The summed E-state index contributed by atoms with van der Waals surface area (Å²) >= 11 is 0. The minimum atomic E-state index is -0.403. The van der Waals surface area contributed by atoms with E-state index in [0.29, 0.717) is 23.7 Å². The Morgan fingerprint density at radius 1 is 0.731 bits per heavy atom. The highest BCUT2D eigenvalue weighted by Crippen LogP contribution is 2.19. The van der Waals surface area contributed by atoms with Gasteiger partial charge in [-0.1, -0.05) is 6.42 Å². The summed E-state index contributed by atoms with van der Waals surface area (Å²) in [5.74, 6) is 1.54. The van der Waals surface area contributed by atoms with Crippen LogP contribution in [0.2, 0.25) is 0 Å². The predicted molar refractivity (Wildman–Crippen MR) is 100 cm³/mol. The molecule has 0 aromatic heterocycles. The molecule has 5 nitrogen and oxygen atoms in total. The third-order valence-electron chi connectivity index (χ3n) is 3.87. The lowest BCUT2D eigenvalue weighted by Gasteiger charge is -2.08. The third kappa shape index (κ3) is 6.76. The van der Waals surface area contributed by atoms with Crippen molar-refractivity contribution in [2.75, 3.05) is 27.4 Å². The van der Waals surface area contributed by atoms with E-state index in [4.69, 9.17) is 18.9 Å². The van der Waals surface area contributed by atoms with Gasteiger partial charge in [-0.3, -0.25) is 0 Å². The quantitative estimate of drug-likeness (QED) is 0.336. The molecule has 0 radical (unpaired) electrons. The van der Waals surface area contributed by atoms with Gasteiger partial charge in [0.2, 0.25) is 0 Å². The van der Waals surface area contributed by atoms with Gasteiger partial charge in [-0.25, -0.2) is 4.79 Å². The molecular weight excluding hydrogens is 332 g/mol. The third-order valence-corrected chi connectivity index (χ3v) is 3.87. The van der Waals surface area contributed by atoms with Crippen LogP contribution in [0.3, 0.4) is 0 Å². The van der Waals surface area contributed by atoms with E-state index in [9.17, 15) is 4.79 Å². The summed E-state index contributed by atoms with van der Waals surface area (Å²) in [5, 5.41) is 0. The maximum atomic E-state index is 12.2. The van der Waals surface area contributed by atoms with Crippen LogP contribution in [0, 0.1) is 0 Å². The Morgan fingerprint density at radius 2 is 1.31 bits per heavy atom. The van der Waals surface area contributed by atoms with Crippen LogP contribution in [0.5, 0.6) is 17.2 Å². The van der Waals surface area contributed by atoms with Crippen LogP contribution in [0.4, 0.5) is 0 Å². The summed E-state index contributed by atoms with van der Waals surface area (Å²) in [7, 11) is 3.31. The Labute approximate surface area is 154 Å². The van der Waals surface area contributed by atoms with Crippen molar-refractivity contribution in [3.05, 3.63) is 54.1 Å². The maximum Gasteiger partial charge on any atom is 0.343 e. The molecule has 0 unspecified atom stereocenters. The molecule has 0 heterocycles. The first-order valence-electron chi connectivity index (χ1n) is 8.81. The zero-order valence-corrected chi connectivity index (χ0v) is 15.4. The van der Waals surface area contributed by atoms with Gasteiger partial charge >= 0.3 is 5.97 Å². The Bertz CT molecular complexity index is 649. The highest BCUT2D eigenvalue weighted by molar-refractivity contribution is 5.91. The van der Waals surface area contributed by atoms with Crippen molar-refractivity contribution in [2.24, 2.45) is 0 Å². The van der Waals surface area contributed by atoms with Crippen LogP contribution in [0.25, 0.3) is 0 Å². The molecule has 26 heavy (non-hydrogen) atoms. The van der Waals surface area contributed by atoms with Gasteiger partial charge in [-0.2, -0.15) is 0 Å². The number of carbonyl (C=O) groups is 1. The average Bonchev–Trinajstić information content (AvgIpc) is 2.68. The molecule has 0 aliphatic rings. The van der Waals surface area contributed by atoms with Gasteiger partial charge in [0.05, 0.1) is 19.3 Å². The minimum absolute atomic E-state index is 0.403. The second-order valence-corrected chi connectivity index (χ2v) is 5.84. The topological polar surface area (TPSA) is 54.0 Å². The molecule has 0 spiro atoms. The smallest absolute Gasteiger partial charge is 0.343 e. The number of hydrogen-bond donors (Lipinski definition) is 0. The van der Waals surface area contributed by atoms with Gasteiger partial charge in [0.1, 0.15) is 17.2 Å². The molecule has 0 N–H and O–H groups in total. The summed E-state index contributed by atoms with van der Waals surface area (Å²) in [4.78, 5) is 12.2. The molecule has 0 aliphatic carbocycles. The molecule has 140 valence electrons. The van der Waals surface area contributed by atoms with E-state index in [0.717, 1.165) is 38.0 Å². The first kappa shape index (κ1) is 19.8. The van der Waals surface area contributed by atoms with Gasteiger partial charge in [-0.05, 0) is 67.8 Å². The molecule has 0 aliphatic heterocycles. The molecule has 0 bridgehead atoms. The van der Waals surface area contributed by atoms with Crippen LogP contribution >= 0.6 is 0 Å². The zero-order valence-electron chi connectivity index (χ0n) is 15.4. The van der Waals surface area contributed by atoms with E-state index in [1.165, 1.54) is 0 Å². The Balaban J connectivity index is 1.74. The van der Waals surface area contributed by atoms with Gasteiger partial charge in [0.25, 0.3) is 0 Å². The zero-order chi connectivity index (χ0) is 18.6. The monoisotopic (exact) mass is 358 g/mol. The first-order valence-corrected chi connectivity index (χ1v) is 8.81. The van der Waals surface area contributed by atoms with E-state index >= 15 is 0 Å². The van der Waals surface area contributed by atoms with Crippen LogP contribution in [-0.2, 0) is 4.74 Å². The number of benzene rings is 2. The standard InChI is InChI=1S/C21H26O5/c1-23-15-5-3-4-6-16-25-19-9-7-17(8-10-19)21(22)26-20-13-11-18(24-2)12-14-20/h7-14H,3-6,15-16H2,1-2H3. The molecule has 5 heteroatoms. The van der Waals surface area contributed by atoms with Gasteiger partial charge in [-0.15, -0.1) is 0 Å². The molecule has 2 aromatic rings. The first-order chi connectivity index (χ1) is 12.7. The largest absolute Gasteiger partial charge is 0.497 e. The molecule has 2 aromatic carbocycles. The van der Waals surface area contributed by atoms with Crippen molar-refractivity contribution in [1.82, 2.24) is 0 Å². The molecule has 0 fully saturated rings. The van der Waals surface area contributed by atoms with E-state index in [1.807, 2.05) is 0 Å². The van der Waals surface area contributed by atoms with Crippen molar-refractivity contribution >= 4 is 5.97 Å². The molecule has 0 saturated carbocycles. The van der Waals surface area contributed by atoms with E-state index < -0.39 is 5.97 Å². The minimum Gasteiger partial charge on any atom is -0.497 e. The summed E-state index contributed by atoms with van der Waals surface area (Å²) in [6, 6.07) is 13.9. The second kappa shape index (κ2) is 11.2. The highest BCUT2D eigenvalue weighted by atomic mass is 16.5. The number of methoxy groups -OCH3 is 2. The fraction of sp³-hybridized carbons (Fsp3) is 0.381. The van der Waals surface area contributed by atoms with Crippen LogP contribution < -0.4 is 14.2 Å². The molecule has 0 amide bonds. The van der Waals surface area contributed by atoms with Crippen LogP contribution in [-0.4, -0.2) is 33.4 Å². The number of esters is 1. The predicted octanol–water partition coefficient (Wildman–Crippen LogP) is 4.50. The lowest BCUT2D eigenvalue weighted by Crippen LogP contribution is -2.08. The lowest BCUT2D eigenvalue weighted by molar-refractivity contribution is 0.0734. The van der Waals surface area contributed by atoms with Crippen LogP contribution in [0.15, 0.2) is 48.5 Å². The average molecular weight is 358 g/mol. The summed E-state index contributed by atoms with van der Waals surface area (Å²) in [6.07, 6.45) is 4.36. The van der Waals surface area contributed by atoms with Crippen molar-refractivity contribution < 1.29 is 23.7 Å². The Morgan fingerprint density at radius 3 is 1.92 bits per heavy atom. The number of rotatable bonds is 11. The summed E-state index contributed by atoms with van der Waals surface area (Å²) in [6.45, 7) is 1.48. The van der Waals surface area contributed by atoms with Gasteiger partial charge < -0.3 is 18.9 Å². The van der Waals surface area contributed by atoms with Crippen LogP contribution in [0.1, 0.15) is 36.0 Å². The lowest BCUT2D eigenvalue weighted by atomic mass is 10.2. The van der Waals surface area contributed by atoms with E-state index in [2.05, 4.69) is 0 Å². The number of ether oxygens (including phenoxy) is 4. The molecule has 0 atom stereocenters. The van der Waals surface area contributed by atoms with Crippen molar-refractivity contribution in [1.29, 1.82) is 0 Å². The fourth-order valence-electron chi connectivity index (χ4n) is 2.39. The molecule has 0 saturated heterocycles.